The third kappa shape index (κ3) is 3.50. The van der Waals surface area contributed by atoms with Crippen molar-refractivity contribution >= 4 is 17.6 Å². The van der Waals surface area contributed by atoms with Gasteiger partial charge in [-0.3, -0.25) is 9.48 Å². The predicted octanol–water partition coefficient (Wildman–Crippen LogP) is 1.94. The SMILES string of the molecule is O=C(O)COc1cccc(NC(=O)c2cnn3c2CCCC3)c1. The molecule has 0 aliphatic carbocycles. The Labute approximate surface area is 132 Å². The van der Waals surface area contributed by atoms with E-state index in [9.17, 15) is 9.59 Å². The summed E-state index contributed by atoms with van der Waals surface area (Å²) in [6.07, 6.45) is 4.59. The highest BCUT2D eigenvalue weighted by atomic mass is 16.5. The number of amides is 1. The van der Waals surface area contributed by atoms with Crippen LogP contribution in [0.2, 0.25) is 0 Å². The molecular weight excluding hydrogens is 298 g/mol. The van der Waals surface area contributed by atoms with Crippen LogP contribution in [0.1, 0.15) is 28.9 Å². The van der Waals surface area contributed by atoms with E-state index in [1.807, 2.05) is 4.68 Å². The Kier molecular flexibility index (Phi) is 4.27. The van der Waals surface area contributed by atoms with Crippen molar-refractivity contribution in [2.24, 2.45) is 0 Å². The normalized spacial score (nSPS) is 13.2. The molecule has 3 rings (SSSR count). The molecule has 0 saturated heterocycles. The number of anilines is 1. The molecule has 120 valence electrons. The standard InChI is InChI=1S/C16H17N3O4/c20-15(21)10-23-12-5-3-4-11(8-12)18-16(22)13-9-17-19-7-2-1-6-14(13)19/h3-5,8-9H,1-2,6-7,10H2,(H,18,22)(H,20,21). The van der Waals surface area contributed by atoms with Gasteiger partial charge in [0.2, 0.25) is 0 Å². The maximum absolute atomic E-state index is 12.4. The molecule has 0 radical (unpaired) electrons. The van der Waals surface area contributed by atoms with Crippen LogP contribution >= 0.6 is 0 Å². The van der Waals surface area contributed by atoms with Crippen LogP contribution in [-0.2, 0) is 17.8 Å². The zero-order valence-corrected chi connectivity index (χ0v) is 12.5. The molecule has 2 N–H and O–H groups in total. The van der Waals surface area contributed by atoms with Gasteiger partial charge in [-0.25, -0.2) is 4.79 Å². The molecular formula is C16H17N3O4. The lowest BCUT2D eigenvalue weighted by molar-refractivity contribution is -0.139. The first kappa shape index (κ1) is 15.1. The first-order chi connectivity index (χ1) is 11.1. The van der Waals surface area contributed by atoms with Crippen molar-refractivity contribution in [3.05, 3.63) is 41.7 Å². The number of fused-ring (bicyclic) bond motifs is 1. The number of nitrogens with zero attached hydrogens (tertiary/aromatic N) is 2. The lowest BCUT2D eigenvalue weighted by Gasteiger charge is -2.14. The van der Waals surface area contributed by atoms with Crippen molar-refractivity contribution < 1.29 is 19.4 Å². The lowest BCUT2D eigenvalue weighted by Crippen LogP contribution is -2.17. The van der Waals surface area contributed by atoms with Gasteiger partial charge in [-0.2, -0.15) is 5.10 Å². The third-order valence-corrected chi connectivity index (χ3v) is 3.68. The van der Waals surface area contributed by atoms with E-state index in [0.717, 1.165) is 31.5 Å². The summed E-state index contributed by atoms with van der Waals surface area (Å²) >= 11 is 0. The molecule has 7 heteroatoms. The van der Waals surface area contributed by atoms with E-state index in [4.69, 9.17) is 9.84 Å². The van der Waals surface area contributed by atoms with E-state index in [1.54, 1.807) is 30.5 Å². The van der Waals surface area contributed by atoms with Gasteiger partial charge in [0.05, 0.1) is 17.5 Å². The highest BCUT2D eigenvalue weighted by Crippen LogP contribution is 2.21. The van der Waals surface area contributed by atoms with Crippen molar-refractivity contribution in [3.8, 4) is 5.75 Å². The molecule has 1 aliphatic rings. The van der Waals surface area contributed by atoms with Gasteiger partial charge in [0, 0.05) is 18.3 Å². The molecule has 0 atom stereocenters. The summed E-state index contributed by atoms with van der Waals surface area (Å²) in [7, 11) is 0. The average molecular weight is 315 g/mol. The molecule has 0 bridgehead atoms. The number of carbonyl (C=O) groups excluding carboxylic acids is 1. The Morgan fingerprint density at radius 2 is 2.22 bits per heavy atom. The number of hydrogen-bond donors (Lipinski definition) is 2. The van der Waals surface area contributed by atoms with Crippen molar-refractivity contribution in [3.63, 3.8) is 0 Å². The average Bonchev–Trinajstić information content (AvgIpc) is 2.97. The monoisotopic (exact) mass is 315 g/mol. The van der Waals surface area contributed by atoms with Gasteiger partial charge in [0.25, 0.3) is 5.91 Å². The predicted molar refractivity (Wildman–Crippen MR) is 82.7 cm³/mol. The minimum absolute atomic E-state index is 0.219. The van der Waals surface area contributed by atoms with Crippen LogP contribution < -0.4 is 10.1 Å². The van der Waals surface area contributed by atoms with Gasteiger partial charge in [0.15, 0.2) is 6.61 Å². The van der Waals surface area contributed by atoms with Crippen LogP contribution in [0.3, 0.4) is 0 Å². The Hall–Kier alpha value is -2.83. The summed E-state index contributed by atoms with van der Waals surface area (Å²) in [6, 6.07) is 6.65. The lowest BCUT2D eigenvalue weighted by atomic mass is 10.1. The van der Waals surface area contributed by atoms with Crippen LogP contribution in [0.15, 0.2) is 30.5 Å². The summed E-state index contributed by atoms with van der Waals surface area (Å²) in [5, 5.41) is 15.7. The summed E-state index contributed by atoms with van der Waals surface area (Å²) in [6.45, 7) is 0.426. The van der Waals surface area contributed by atoms with Crippen LogP contribution in [0.5, 0.6) is 5.75 Å². The maximum Gasteiger partial charge on any atom is 0.341 e. The fraction of sp³-hybridized carbons (Fsp3) is 0.312. The number of hydrogen-bond acceptors (Lipinski definition) is 4. The van der Waals surface area contributed by atoms with Gasteiger partial charge in [-0.15, -0.1) is 0 Å². The van der Waals surface area contributed by atoms with E-state index in [2.05, 4.69) is 10.4 Å². The summed E-state index contributed by atoms with van der Waals surface area (Å²) in [4.78, 5) is 22.9. The molecule has 1 amide bonds. The molecule has 7 nitrogen and oxygen atoms in total. The third-order valence-electron chi connectivity index (χ3n) is 3.68. The fourth-order valence-electron chi connectivity index (χ4n) is 2.62. The Morgan fingerprint density at radius 1 is 1.35 bits per heavy atom. The van der Waals surface area contributed by atoms with Gasteiger partial charge < -0.3 is 15.2 Å². The number of aromatic nitrogens is 2. The van der Waals surface area contributed by atoms with Gasteiger partial charge in [-0.1, -0.05) is 6.07 Å². The minimum atomic E-state index is -1.05. The number of carbonyl (C=O) groups is 2. The Bertz CT molecular complexity index is 739. The number of aryl methyl sites for hydroxylation is 1. The number of benzene rings is 1. The topological polar surface area (TPSA) is 93.4 Å². The fourth-order valence-corrected chi connectivity index (χ4v) is 2.62. The first-order valence-corrected chi connectivity index (χ1v) is 7.44. The molecule has 0 unspecified atom stereocenters. The zero-order chi connectivity index (χ0) is 16.2. The number of rotatable bonds is 5. The molecule has 1 aromatic heterocycles. The summed E-state index contributed by atoms with van der Waals surface area (Å²) < 4.78 is 6.98. The molecule has 2 heterocycles. The smallest absolute Gasteiger partial charge is 0.341 e. The minimum Gasteiger partial charge on any atom is -0.482 e. The van der Waals surface area contributed by atoms with Gasteiger partial charge >= 0.3 is 5.97 Å². The van der Waals surface area contributed by atoms with E-state index in [1.165, 1.54) is 0 Å². The number of ether oxygens (including phenoxy) is 1. The highest BCUT2D eigenvalue weighted by Gasteiger charge is 2.19. The van der Waals surface area contributed by atoms with Crippen LogP contribution in [0, 0.1) is 0 Å². The largest absolute Gasteiger partial charge is 0.482 e. The zero-order valence-electron chi connectivity index (χ0n) is 12.5. The Morgan fingerprint density at radius 3 is 3.04 bits per heavy atom. The molecule has 1 aliphatic heterocycles. The molecule has 0 spiro atoms. The van der Waals surface area contributed by atoms with E-state index in [-0.39, 0.29) is 5.91 Å². The van der Waals surface area contributed by atoms with Crippen LogP contribution in [0.4, 0.5) is 5.69 Å². The van der Waals surface area contributed by atoms with Gasteiger partial charge in [-0.05, 0) is 31.4 Å². The van der Waals surface area contributed by atoms with Crippen LogP contribution in [0.25, 0.3) is 0 Å². The molecule has 0 saturated carbocycles. The summed E-state index contributed by atoms with van der Waals surface area (Å²) in [5.41, 5.74) is 2.10. The highest BCUT2D eigenvalue weighted by molar-refractivity contribution is 6.05. The molecule has 0 fully saturated rings. The van der Waals surface area contributed by atoms with E-state index in [0.29, 0.717) is 17.0 Å². The second-order valence-electron chi connectivity index (χ2n) is 5.35. The van der Waals surface area contributed by atoms with Crippen molar-refractivity contribution in [1.82, 2.24) is 9.78 Å². The molecule has 23 heavy (non-hydrogen) atoms. The number of nitrogens with one attached hydrogen (secondary N) is 1. The number of aliphatic carboxylic acids is 1. The van der Waals surface area contributed by atoms with Crippen molar-refractivity contribution in [2.75, 3.05) is 11.9 Å². The second kappa shape index (κ2) is 6.51. The number of carboxylic acids is 1. The van der Waals surface area contributed by atoms with Crippen molar-refractivity contribution in [2.45, 2.75) is 25.8 Å². The first-order valence-electron chi connectivity index (χ1n) is 7.44. The van der Waals surface area contributed by atoms with E-state index >= 15 is 0 Å². The molecule has 2 aromatic rings. The van der Waals surface area contributed by atoms with Crippen LogP contribution in [-0.4, -0.2) is 33.4 Å². The van der Waals surface area contributed by atoms with Gasteiger partial charge in [0.1, 0.15) is 5.75 Å². The molecule has 1 aromatic carbocycles. The van der Waals surface area contributed by atoms with Crippen molar-refractivity contribution in [1.29, 1.82) is 0 Å². The summed E-state index contributed by atoms with van der Waals surface area (Å²) in [5.74, 6) is -0.878. The Balaban J connectivity index is 1.71. The second-order valence-corrected chi connectivity index (χ2v) is 5.35. The number of carboxylic acid groups (broad SMARTS) is 1. The quantitative estimate of drug-likeness (QED) is 0.879. The maximum atomic E-state index is 12.4. The van der Waals surface area contributed by atoms with E-state index < -0.39 is 12.6 Å².